The molecule has 0 amide bonds. The molecule has 1 saturated heterocycles. The van der Waals surface area contributed by atoms with Gasteiger partial charge in [-0.3, -0.25) is 4.79 Å². The number of nitrogens with zero attached hydrogens (tertiary/aromatic N) is 1. The van der Waals surface area contributed by atoms with E-state index in [2.05, 4.69) is 11.8 Å². The summed E-state index contributed by atoms with van der Waals surface area (Å²) in [5.74, 6) is 1.88. The highest BCUT2D eigenvalue weighted by Gasteiger charge is 2.24. The second kappa shape index (κ2) is 7.28. The molecule has 2 fully saturated rings. The van der Waals surface area contributed by atoms with E-state index in [1.807, 2.05) is 0 Å². The van der Waals surface area contributed by atoms with Gasteiger partial charge in [0.15, 0.2) is 0 Å². The monoisotopic (exact) mass is 267 g/mol. The Bertz CT molecular complexity index is 276. The topological polar surface area (TPSA) is 40.5 Å². The summed E-state index contributed by atoms with van der Waals surface area (Å²) in [7, 11) is 0. The van der Waals surface area contributed by atoms with Gasteiger partial charge in [-0.2, -0.15) is 0 Å². The van der Waals surface area contributed by atoms with Gasteiger partial charge in [0, 0.05) is 13.0 Å². The fourth-order valence-corrected chi connectivity index (χ4v) is 3.66. The van der Waals surface area contributed by atoms with Crippen LogP contribution in [0.25, 0.3) is 0 Å². The Balaban J connectivity index is 1.62. The summed E-state index contributed by atoms with van der Waals surface area (Å²) < 4.78 is 0. The molecule has 1 N–H and O–H groups in total. The van der Waals surface area contributed by atoms with E-state index in [9.17, 15) is 4.79 Å². The SMILES string of the molecule is CC1CCC(CN2CCC(CCC(=O)O)CC2)CC1. The lowest BCUT2D eigenvalue weighted by Gasteiger charge is -2.36. The molecule has 110 valence electrons. The van der Waals surface area contributed by atoms with Crippen LogP contribution in [0.4, 0.5) is 0 Å². The van der Waals surface area contributed by atoms with E-state index >= 15 is 0 Å². The van der Waals surface area contributed by atoms with Crippen molar-refractivity contribution in [2.75, 3.05) is 19.6 Å². The molecular formula is C16H29NO2. The highest BCUT2D eigenvalue weighted by Crippen LogP contribution is 2.30. The second-order valence-corrected chi connectivity index (χ2v) is 6.80. The molecule has 1 aliphatic heterocycles. The van der Waals surface area contributed by atoms with Crippen molar-refractivity contribution in [2.45, 2.75) is 58.3 Å². The van der Waals surface area contributed by atoms with Crippen LogP contribution in [0.5, 0.6) is 0 Å². The number of likely N-dealkylation sites (tertiary alicyclic amines) is 1. The maximum absolute atomic E-state index is 10.6. The lowest BCUT2D eigenvalue weighted by molar-refractivity contribution is -0.137. The van der Waals surface area contributed by atoms with E-state index in [1.54, 1.807) is 0 Å². The highest BCUT2D eigenvalue weighted by molar-refractivity contribution is 5.66. The molecule has 0 aromatic rings. The van der Waals surface area contributed by atoms with Crippen molar-refractivity contribution in [2.24, 2.45) is 17.8 Å². The van der Waals surface area contributed by atoms with E-state index in [-0.39, 0.29) is 0 Å². The van der Waals surface area contributed by atoms with Gasteiger partial charge in [-0.1, -0.05) is 19.8 Å². The van der Waals surface area contributed by atoms with Crippen LogP contribution in [0.1, 0.15) is 58.3 Å². The third kappa shape index (κ3) is 5.13. The number of hydrogen-bond acceptors (Lipinski definition) is 2. The van der Waals surface area contributed by atoms with Crippen LogP contribution in [-0.2, 0) is 4.79 Å². The highest BCUT2D eigenvalue weighted by atomic mass is 16.4. The summed E-state index contributed by atoms with van der Waals surface area (Å²) >= 11 is 0. The molecule has 0 aromatic carbocycles. The lowest BCUT2D eigenvalue weighted by Crippen LogP contribution is -2.38. The Morgan fingerprint density at radius 2 is 1.68 bits per heavy atom. The predicted molar refractivity (Wildman–Crippen MR) is 77.2 cm³/mol. The van der Waals surface area contributed by atoms with Crippen molar-refractivity contribution in [3.63, 3.8) is 0 Å². The van der Waals surface area contributed by atoms with E-state index in [1.165, 1.54) is 58.2 Å². The van der Waals surface area contributed by atoms with Crippen LogP contribution in [0.15, 0.2) is 0 Å². The maximum atomic E-state index is 10.6. The van der Waals surface area contributed by atoms with E-state index in [0.29, 0.717) is 12.3 Å². The summed E-state index contributed by atoms with van der Waals surface area (Å²) in [5, 5.41) is 8.72. The van der Waals surface area contributed by atoms with Crippen molar-refractivity contribution in [1.29, 1.82) is 0 Å². The first-order chi connectivity index (χ1) is 9.13. The van der Waals surface area contributed by atoms with Crippen molar-refractivity contribution in [3.05, 3.63) is 0 Å². The third-order valence-corrected chi connectivity index (χ3v) is 5.13. The minimum absolute atomic E-state index is 0.352. The number of carbonyl (C=O) groups is 1. The van der Waals surface area contributed by atoms with Crippen molar-refractivity contribution in [1.82, 2.24) is 4.90 Å². The molecule has 0 bridgehead atoms. The van der Waals surface area contributed by atoms with E-state index in [0.717, 1.165) is 18.3 Å². The molecule has 0 atom stereocenters. The number of rotatable bonds is 5. The zero-order chi connectivity index (χ0) is 13.7. The molecule has 3 nitrogen and oxygen atoms in total. The first kappa shape index (κ1) is 14.8. The van der Waals surface area contributed by atoms with Gasteiger partial charge < -0.3 is 10.0 Å². The average molecular weight is 267 g/mol. The zero-order valence-electron chi connectivity index (χ0n) is 12.3. The van der Waals surface area contributed by atoms with E-state index < -0.39 is 5.97 Å². The van der Waals surface area contributed by atoms with Crippen molar-refractivity contribution < 1.29 is 9.90 Å². The minimum Gasteiger partial charge on any atom is -0.481 e. The Kier molecular flexibility index (Phi) is 5.68. The average Bonchev–Trinajstić information content (AvgIpc) is 2.40. The molecule has 3 heteroatoms. The normalized spacial score (nSPS) is 30.4. The largest absolute Gasteiger partial charge is 0.481 e. The van der Waals surface area contributed by atoms with Crippen LogP contribution in [0, 0.1) is 17.8 Å². The maximum Gasteiger partial charge on any atom is 0.303 e. The number of piperidine rings is 1. The number of hydrogen-bond donors (Lipinski definition) is 1. The molecule has 1 aliphatic carbocycles. The van der Waals surface area contributed by atoms with Crippen LogP contribution in [0.3, 0.4) is 0 Å². The van der Waals surface area contributed by atoms with Gasteiger partial charge in [0.1, 0.15) is 0 Å². The van der Waals surface area contributed by atoms with Crippen LogP contribution >= 0.6 is 0 Å². The zero-order valence-corrected chi connectivity index (χ0v) is 12.3. The molecule has 0 aromatic heterocycles. The summed E-state index contributed by atoms with van der Waals surface area (Å²) in [4.78, 5) is 13.2. The lowest BCUT2D eigenvalue weighted by atomic mass is 9.82. The molecular weight excluding hydrogens is 238 g/mol. The predicted octanol–water partition coefficient (Wildman–Crippen LogP) is 3.39. The smallest absolute Gasteiger partial charge is 0.303 e. The third-order valence-electron chi connectivity index (χ3n) is 5.13. The van der Waals surface area contributed by atoms with Crippen LogP contribution < -0.4 is 0 Å². The molecule has 0 spiro atoms. The van der Waals surface area contributed by atoms with Gasteiger partial charge in [0.2, 0.25) is 0 Å². The molecule has 0 unspecified atom stereocenters. The fraction of sp³-hybridized carbons (Fsp3) is 0.938. The van der Waals surface area contributed by atoms with Crippen molar-refractivity contribution in [3.8, 4) is 0 Å². The Morgan fingerprint density at radius 1 is 1.05 bits per heavy atom. The molecule has 2 rings (SSSR count). The van der Waals surface area contributed by atoms with Gasteiger partial charge in [-0.05, 0) is 62.9 Å². The molecule has 0 radical (unpaired) electrons. The quantitative estimate of drug-likeness (QED) is 0.830. The molecule has 1 heterocycles. The Morgan fingerprint density at radius 3 is 2.26 bits per heavy atom. The van der Waals surface area contributed by atoms with Gasteiger partial charge in [-0.15, -0.1) is 0 Å². The summed E-state index contributed by atoms with van der Waals surface area (Å²) in [6.07, 6.45) is 9.31. The molecule has 1 saturated carbocycles. The number of carboxylic acids is 1. The van der Waals surface area contributed by atoms with Crippen molar-refractivity contribution >= 4 is 5.97 Å². The Labute approximate surface area is 117 Å². The summed E-state index contributed by atoms with van der Waals surface area (Å²) in [6, 6.07) is 0. The second-order valence-electron chi connectivity index (χ2n) is 6.80. The van der Waals surface area contributed by atoms with Gasteiger partial charge in [0.05, 0.1) is 0 Å². The van der Waals surface area contributed by atoms with Crippen LogP contribution in [-0.4, -0.2) is 35.6 Å². The van der Waals surface area contributed by atoms with Gasteiger partial charge in [-0.25, -0.2) is 0 Å². The number of carboxylic acid groups (broad SMARTS) is 1. The first-order valence-corrected chi connectivity index (χ1v) is 8.07. The minimum atomic E-state index is -0.640. The first-order valence-electron chi connectivity index (χ1n) is 8.07. The van der Waals surface area contributed by atoms with E-state index in [4.69, 9.17) is 5.11 Å². The Hall–Kier alpha value is -0.570. The number of aliphatic carboxylic acids is 1. The summed E-state index contributed by atoms with van der Waals surface area (Å²) in [5.41, 5.74) is 0. The van der Waals surface area contributed by atoms with Gasteiger partial charge >= 0.3 is 5.97 Å². The van der Waals surface area contributed by atoms with Crippen LogP contribution in [0.2, 0.25) is 0 Å². The molecule has 2 aliphatic rings. The standard InChI is InChI=1S/C16H29NO2/c1-13-2-4-15(5-3-13)12-17-10-8-14(9-11-17)6-7-16(18)19/h13-15H,2-12H2,1H3,(H,18,19). The van der Waals surface area contributed by atoms with Gasteiger partial charge in [0.25, 0.3) is 0 Å². The summed E-state index contributed by atoms with van der Waals surface area (Å²) in [6.45, 7) is 6.05. The fourth-order valence-electron chi connectivity index (χ4n) is 3.66. The molecule has 19 heavy (non-hydrogen) atoms.